The van der Waals surface area contributed by atoms with Crippen LogP contribution in [0.2, 0.25) is 0 Å². The number of likely N-dealkylation sites (tertiary alicyclic amines) is 1. The Hall–Kier alpha value is -0.570. The molecule has 0 aliphatic carbocycles. The van der Waals surface area contributed by atoms with Gasteiger partial charge >= 0.3 is 0 Å². The molecule has 3 heteroatoms. The van der Waals surface area contributed by atoms with Gasteiger partial charge in [-0.1, -0.05) is 20.8 Å². The molecule has 2 fully saturated rings. The van der Waals surface area contributed by atoms with Crippen LogP contribution in [-0.2, 0) is 9.53 Å². The van der Waals surface area contributed by atoms with Crippen molar-refractivity contribution in [1.29, 1.82) is 0 Å². The molecular weight excluding hydrogens is 190 g/mol. The summed E-state index contributed by atoms with van der Waals surface area (Å²) < 4.78 is 5.76. The Balaban J connectivity index is 0.000000531. The van der Waals surface area contributed by atoms with Gasteiger partial charge in [-0.25, -0.2) is 0 Å². The van der Waals surface area contributed by atoms with E-state index >= 15 is 0 Å². The van der Waals surface area contributed by atoms with Gasteiger partial charge in [-0.2, -0.15) is 0 Å². The smallest absolute Gasteiger partial charge is 0.219 e. The quantitative estimate of drug-likeness (QED) is 0.616. The predicted octanol–water partition coefficient (Wildman–Crippen LogP) is 2.06. The zero-order valence-electron chi connectivity index (χ0n) is 10.4. The van der Waals surface area contributed by atoms with Crippen molar-refractivity contribution in [1.82, 2.24) is 4.90 Å². The zero-order valence-corrected chi connectivity index (χ0v) is 10.4. The minimum atomic E-state index is 0.0311. The fourth-order valence-electron chi connectivity index (χ4n) is 2.37. The molecule has 15 heavy (non-hydrogen) atoms. The van der Waals surface area contributed by atoms with E-state index in [0.29, 0.717) is 0 Å². The van der Waals surface area contributed by atoms with E-state index in [1.807, 2.05) is 18.7 Å². The number of hydrogen-bond donors (Lipinski definition) is 0. The Morgan fingerprint density at radius 3 is 2.47 bits per heavy atom. The van der Waals surface area contributed by atoms with Gasteiger partial charge in [-0.3, -0.25) is 4.79 Å². The monoisotopic (exact) mass is 213 g/mol. The van der Waals surface area contributed by atoms with Gasteiger partial charge < -0.3 is 9.64 Å². The fraction of sp³-hybridized carbons (Fsp3) is 0.917. The van der Waals surface area contributed by atoms with Crippen LogP contribution < -0.4 is 0 Å². The van der Waals surface area contributed by atoms with Crippen molar-refractivity contribution in [3.63, 3.8) is 0 Å². The van der Waals surface area contributed by atoms with E-state index < -0.39 is 0 Å². The van der Waals surface area contributed by atoms with Crippen molar-refractivity contribution < 1.29 is 9.53 Å². The maximum atomic E-state index is 11.0. The minimum absolute atomic E-state index is 0.0311. The molecule has 0 aromatic rings. The van der Waals surface area contributed by atoms with Crippen molar-refractivity contribution >= 4 is 5.91 Å². The van der Waals surface area contributed by atoms with Crippen LogP contribution >= 0.6 is 0 Å². The normalized spacial score (nSPS) is 27.7. The third kappa shape index (κ3) is 2.71. The third-order valence-corrected chi connectivity index (χ3v) is 3.14. The molecule has 2 aliphatic rings. The maximum absolute atomic E-state index is 11.0. The summed E-state index contributed by atoms with van der Waals surface area (Å²) in [6.45, 7) is 10.4. The molecule has 1 amide bonds. The second kappa shape index (κ2) is 4.97. The summed E-state index contributed by atoms with van der Waals surface area (Å²) in [5.74, 6) is 0.926. The molecule has 0 saturated carbocycles. The second-order valence-corrected chi connectivity index (χ2v) is 4.50. The predicted molar refractivity (Wildman–Crippen MR) is 60.7 cm³/mol. The average molecular weight is 213 g/mol. The largest absolute Gasteiger partial charge is 0.371 e. The lowest BCUT2D eigenvalue weighted by Gasteiger charge is -2.52. The molecular formula is C12H23NO2. The van der Waals surface area contributed by atoms with Gasteiger partial charge in [0.1, 0.15) is 5.60 Å². The molecule has 0 aromatic carbocycles. The van der Waals surface area contributed by atoms with E-state index in [1.165, 1.54) is 6.42 Å². The molecule has 1 spiro atoms. The SMILES string of the molecule is CC.CC(=O)N1CC2(CC(C)CCO2)C1. The molecule has 88 valence electrons. The standard InChI is InChI=1S/C10H17NO2.C2H6/c1-8-3-4-13-10(5-8)6-11(7-10)9(2)12;1-2/h8H,3-7H2,1-2H3;1-2H3. The topological polar surface area (TPSA) is 29.5 Å². The highest BCUT2D eigenvalue weighted by molar-refractivity contribution is 5.74. The first-order valence-corrected chi connectivity index (χ1v) is 6.01. The molecule has 2 rings (SSSR count). The molecule has 0 N–H and O–H groups in total. The first-order valence-electron chi connectivity index (χ1n) is 6.01. The van der Waals surface area contributed by atoms with E-state index in [0.717, 1.165) is 32.0 Å². The Bertz CT molecular complexity index is 222. The molecule has 0 aromatic heterocycles. The van der Waals surface area contributed by atoms with E-state index in [9.17, 15) is 4.79 Å². The van der Waals surface area contributed by atoms with E-state index in [4.69, 9.17) is 4.74 Å². The summed E-state index contributed by atoms with van der Waals surface area (Å²) in [6, 6.07) is 0. The average Bonchev–Trinajstić information content (AvgIpc) is 2.17. The Morgan fingerprint density at radius 1 is 1.40 bits per heavy atom. The van der Waals surface area contributed by atoms with Gasteiger partial charge in [0, 0.05) is 13.5 Å². The number of hydrogen-bond acceptors (Lipinski definition) is 2. The number of rotatable bonds is 0. The Kier molecular flexibility index (Phi) is 4.14. The van der Waals surface area contributed by atoms with E-state index in [2.05, 4.69) is 6.92 Å². The first-order chi connectivity index (χ1) is 7.11. The molecule has 0 radical (unpaired) electrons. The molecule has 2 heterocycles. The summed E-state index contributed by atoms with van der Waals surface area (Å²) in [4.78, 5) is 12.9. The molecule has 3 nitrogen and oxygen atoms in total. The van der Waals surface area contributed by atoms with Crippen LogP contribution in [0.25, 0.3) is 0 Å². The molecule has 2 saturated heterocycles. The van der Waals surface area contributed by atoms with Gasteiger partial charge in [0.25, 0.3) is 0 Å². The lowest BCUT2D eigenvalue weighted by molar-refractivity contribution is -0.185. The van der Waals surface area contributed by atoms with Gasteiger partial charge in [0.15, 0.2) is 0 Å². The summed E-state index contributed by atoms with van der Waals surface area (Å²) >= 11 is 0. The van der Waals surface area contributed by atoms with Crippen LogP contribution in [0, 0.1) is 5.92 Å². The van der Waals surface area contributed by atoms with Crippen LogP contribution in [0.15, 0.2) is 0 Å². The highest BCUT2D eigenvalue weighted by Crippen LogP contribution is 2.36. The highest BCUT2D eigenvalue weighted by Gasteiger charge is 2.47. The molecule has 1 atom stereocenters. The Labute approximate surface area is 92.8 Å². The van der Waals surface area contributed by atoms with Gasteiger partial charge in [0.2, 0.25) is 5.91 Å². The van der Waals surface area contributed by atoms with E-state index in [-0.39, 0.29) is 11.5 Å². The minimum Gasteiger partial charge on any atom is -0.371 e. The Morgan fingerprint density at radius 2 is 2.00 bits per heavy atom. The van der Waals surface area contributed by atoms with Crippen molar-refractivity contribution in [2.45, 2.75) is 46.1 Å². The van der Waals surface area contributed by atoms with Crippen LogP contribution in [-0.4, -0.2) is 36.1 Å². The van der Waals surface area contributed by atoms with Gasteiger partial charge in [-0.05, 0) is 18.8 Å². The maximum Gasteiger partial charge on any atom is 0.219 e. The lowest BCUT2D eigenvalue weighted by Crippen LogP contribution is -2.66. The molecule has 1 unspecified atom stereocenters. The number of nitrogens with zero attached hydrogens (tertiary/aromatic N) is 1. The first kappa shape index (κ1) is 12.5. The van der Waals surface area contributed by atoms with Gasteiger partial charge in [-0.15, -0.1) is 0 Å². The van der Waals surface area contributed by atoms with Crippen LogP contribution in [0.4, 0.5) is 0 Å². The zero-order chi connectivity index (χ0) is 11.5. The second-order valence-electron chi connectivity index (χ2n) is 4.50. The van der Waals surface area contributed by atoms with E-state index in [1.54, 1.807) is 6.92 Å². The van der Waals surface area contributed by atoms with Crippen molar-refractivity contribution in [2.24, 2.45) is 5.92 Å². The number of carbonyl (C=O) groups excluding carboxylic acids is 1. The molecule has 2 aliphatic heterocycles. The fourth-order valence-corrected chi connectivity index (χ4v) is 2.37. The van der Waals surface area contributed by atoms with Gasteiger partial charge in [0.05, 0.1) is 13.1 Å². The molecule has 0 bridgehead atoms. The lowest BCUT2D eigenvalue weighted by atomic mass is 9.81. The van der Waals surface area contributed by atoms with Crippen LogP contribution in [0.1, 0.15) is 40.5 Å². The third-order valence-electron chi connectivity index (χ3n) is 3.14. The summed E-state index contributed by atoms with van der Waals surface area (Å²) in [7, 11) is 0. The highest BCUT2D eigenvalue weighted by atomic mass is 16.5. The van der Waals surface area contributed by atoms with Crippen LogP contribution in [0.3, 0.4) is 0 Å². The summed E-state index contributed by atoms with van der Waals surface area (Å²) in [5, 5.41) is 0. The number of ether oxygens (including phenoxy) is 1. The summed E-state index contributed by atoms with van der Waals surface area (Å²) in [5.41, 5.74) is 0.0311. The van der Waals surface area contributed by atoms with Crippen molar-refractivity contribution in [2.75, 3.05) is 19.7 Å². The number of amides is 1. The number of carbonyl (C=O) groups is 1. The van der Waals surface area contributed by atoms with Crippen LogP contribution in [0.5, 0.6) is 0 Å². The van der Waals surface area contributed by atoms with Crippen molar-refractivity contribution in [3.8, 4) is 0 Å². The summed E-state index contributed by atoms with van der Waals surface area (Å²) in [6.07, 6.45) is 2.29. The van der Waals surface area contributed by atoms with Crippen molar-refractivity contribution in [3.05, 3.63) is 0 Å².